The van der Waals surface area contributed by atoms with Crippen LogP contribution in [0.2, 0.25) is 5.02 Å². The monoisotopic (exact) mass is 450 g/mol. The van der Waals surface area contributed by atoms with Crippen LogP contribution < -0.4 is 15.4 Å². The van der Waals surface area contributed by atoms with Crippen LogP contribution >= 0.6 is 11.6 Å². The number of allylic oxidation sites excluding steroid dienone is 1. The molecule has 1 fully saturated rings. The highest BCUT2D eigenvalue weighted by atomic mass is 35.5. The van der Waals surface area contributed by atoms with Crippen molar-refractivity contribution in [3.63, 3.8) is 0 Å². The number of hydrogen-bond acceptors (Lipinski definition) is 6. The molecule has 2 N–H and O–H groups in total. The fourth-order valence-electron chi connectivity index (χ4n) is 3.32. The number of nitrogens with one attached hydrogen (secondary N) is 2. The first-order valence-electron chi connectivity index (χ1n) is 9.84. The highest BCUT2D eigenvalue weighted by Crippen LogP contribution is 2.26. The molecule has 1 aromatic rings. The number of rotatable bonds is 8. The molecule has 2 rings (SSSR count). The van der Waals surface area contributed by atoms with E-state index in [1.54, 1.807) is 31.2 Å². The van der Waals surface area contributed by atoms with Crippen LogP contribution in [0, 0.1) is 5.92 Å². The first-order valence-corrected chi connectivity index (χ1v) is 10.2. The van der Waals surface area contributed by atoms with E-state index in [4.69, 9.17) is 21.2 Å². The average Bonchev–Trinajstić information content (AvgIpc) is 2.89. The van der Waals surface area contributed by atoms with E-state index >= 15 is 0 Å². The van der Waals surface area contributed by atoms with Crippen LogP contribution in [0.15, 0.2) is 35.2 Å². The lowest BCUT2D eigenvalue weighted by atomic mass is 9.97. The second-order valence-electron chi connectivity index (χ2n) is 6.91. The molecule has 0 radical (unpaired) electrons. The maximum absolute atomic E-state index is 13.2. The lowest BCUT2D eigenvalue weighted by Crippen LogP contribution is -2.51. The molecular formula is C21H27ClN4O5. The summed E-state index contributed by atoms with van der Waals surface area (Å²) in [4.78, 5) is 44.3. The maximum Gasteiger partial charge on any atom is 0.325 e. The minimum absolute atomic E-state index is 0.0952. The predicted molar refractivity (Wildman–Crippen MR) is 117 cm³/mol. The minimum atomic E-state index is -0.691. The summed E-state index contributed by atoms with van der Waals surface area (Å²) >= 11 is 6.09. The largest absolute Gasteiger partial charge is 0.496 e. The number of urea groups is 1. The molecule has 2 atom stereocenters. The van der Waals surface area contributed by atoms with Gasteiger partial charge in [0.2, 0.25) is 11.8 Å². The Morgan fingerprint density at radius 1 is 1.48 bits per heavy atom. The molecule has 9 nitrogen and oxygen atoms in total. The van der Waals surface area contributed by atoms with Crippen molar-refractivity contribution in [2.45, 2.75) is 32.7 Å². The van der Waals surface area contributed by atoms with Crippen molar-refractivity contribution in [3.05, 3.63) is 40.6 Å². The number of amides is 4. The second-order valence-corrected chi connectivity index (χ2v) is 7.34. The topological polar surface area (TPSA) is 109 Å². The van der Waals surface area contributed by atoms with Gasteiger partial charge in [0, 0.05) is 18.3 Å². The molecule has 31 heavy (non-hydrogen) atoms. The summed E-state index contributed by atoms with van der Waals surface area (Å²) < 4.78 is 5.35. The quantitative estimate of drug-likeness (QED) is 0.359. The van der Waals surface area contributed by atoms with Crippen molar-refractivity contribution in [1.82, 2.24) is 15.5 Å². The Morgan fingerprint density at radius 2 is 2.23 bits per heavy atom. The van der Waals surface area contributed by atoms with Gasteiger partial charge in [-0.05, 0) is 49.6 Å². The van der Waals surface area contributed by atoms with E-state index in [1.807, 2.05) is 6.92 Å². The third-order valence-corrected chi connectivity index (χ3v) is 5.16. The van der Waals surface area contributed by atoms with E-state index in [0.29, 0.717) is 28.5 Å². The van der Waals surface area contributed by atoms with E-state index in [1.165, 1.54) is 7.11 Å². The number of imide groups is 1. The lowest BCUT2D eigenvalue weighted by molar-refractivity contribution is -0.133. The summed E-state index contributed by atoms with van der Waals surface area (Å²) in [5.41, 5.74) is 0.706. The molecule has 1 heterocycles. The Kier molecular flexibility index (Phi) is 8.87. The Hall–Kier alpha value is -3.07. The molecule has 0 aromatic heterocycles. The van der Waals surface area contributed by atoms with Gasteiger partial charge in [-0.25, -0.2) is 4.79 Å². The predicted octanol–water partition coefficient (Wildman–Crippen LogP) is 2.49. The Balaban J connectivity index is 2.24. The van der Waals surface area contributed by atoms with Gasteiger partial charge in [0.1, 0.15) is 12.3 Å². The van der Waals surface area contributed by atoms with E-state index in [0.717, 1.165) is 4.90 Å². The highest BCUT2D eigenvalue weighted by Gasteiger charge is 2.35. The molecule has 0 aliphatic carbocycles. The molecule has 0 saturated carbocycles. The minimum Gasteiger partial charge on any atom is -0.496 e. The number of methoxy groups -OCH3 is 1. The summed E-state index contributed by atoms with van der Waals surface area (Å²) in [5, 5.41) is 9.29. The van der Waals surface area contributed by atoms with Crippen molar-refractivity contribution < 1.29 is 24.0 Å². The number of benzene rings is 1. The van der Waals surface area contributed by atoms with Crippen molar-refractivity contribution in [2.24, 2.45) is 11.1 Å². The third-order valence-electron chi connectivity index (χ3n) is 4.92. The number of ether oxygens (including phenoxy) is 1. The molecule has 1 aromatic carbocycles. The van der Waals surface area contributed by atoms with Gasteiger partial charge in [-0.1, -0.05) is 23.7 Å². The van der Waals surface area contributed by atoms with Crippen LogP contribution in [-0.4, -0.2) is 55.7 Å². The molecule has 10 heteroatoms. The molecule has 1 unspecified atom stereocenters. The van der Waals surface area contributed by atoms with Gasteiger partial charge in [0.15, 0.2) is 5.76 Å². The van der Waals surface area contributed by atoms with Gasteiger partial charge >= 0.3 is 6.03 Å². The summed E-state index contributed by atoms with van der Waals surface area (Å²) in [6, 6.07) is 3.87. The zero-order chi connectivity index (χ0) is 23.0. The number of hydrogen-bond donors (Lipinski definition) is 2. The van der Waals surface area contributed by atoms with Gasteiger partial charge in [0.25, 0.3) is 0 Å². The van der Waals surface area contributed by atoms with Gasteiger partial charge in [-0.15, -0.1) is 0 Å². The Morgan fingerprint density at radius 3 is 2.84 bits per heavy atom. The Bertz CT molecular complexity index is 873. The van der Waals surface area contributed by atoms with Crippen LogP contribution in [0.5, 0.6) is 5.75 Å². The molecular weight excluding hydrogens is 424 g/mol. The number of oxime groups is 1. The van der Waals surface area contributed by atoms with Crippen LogP contribution in [0.1, 0.15) is 25.8 Å². The molecule has 1 aliphatic heterocycles. The lowest BCUT2D eigenvalue weighted by Gasteiger charge is -2.25. The summed E-state index contributed by atoms with van der Waals surface area (Å²) in [5.74, 6) is -0.610. The summed E-state index contributed by atoms with van der Waals surface area (Å²) in [6.45, 7) is 6.56. The maximum atomic E-state index is 13.2. The van der Waals surface area contributed by atoms with Gasteiger partial charge in [-0.3, -0.25) is 14.5 Å². The van der Waals surface area contributed by atoms with Crippen LogP contribution in [-0.2, 0) is 20.8 Å². The van der Waals surface area contributed by atoms with Crippen LogP contribution in [0.3, 0.4) is 0 Å². The van der Waals surface area contributed by atoms with Gasteiger partial charge in [0.05, 0.1) is 19.1 Å². The smallest absolute Gasteiger partial charge is 0.325 e. The zero-order valence-electron chi connectivity index (χ0n) is 17.8. The summed E-state index contributed by atoms with van der Waals surface area (Å²) in [6.07, 6.45) is 2.38. The third kappa shape index (κ3) is 6.21. The second kappa shape index (κ2) is 11.4. The normalized spacial score (nSPS) is 18.0. The standard InChI is InChI=1S/C21H27ClN4O5/c1-5-16(17(6-2)31-23-3)25-21(29)26-12-19(27)24-11-14(20(26)28)9-13-10-15(22)7-8-18(13)30-4/h6-8,10,14,16H,3,5,9,11-12H2,1-2,4H3,(H,24,27)(H,25,29)/b17-6-/t14-,16?/m1/s1. The fraction of sp³-hybridized carbons (Fsp3) is 0.429. The molecule has 4 amide bonds. The van der Waals surface area contributed by atoms with Crippen molar-refractivity contribution in [1.29, 1.82) is 0 Å². The highest BCUT2D eigenvalue weighted by molar-refractivity contribution is 6.30. The summed E-state index contributed by atoms with van der Waals surface area (Å²) in [7, 11) is 1.52. The fourth-order valence-corrected chi connectivity index (χ4v) is 3.51. The van der Waals surface area contributed by atoms with E-state index < -0.39 is 29.8 Å². The molecule has 0 spiro atoms. The number of halogens is 1. The molecule has 0 bridgehead atoms. The van der Waals surface area contributed by atoms with E-state index in [9.17, 15) is 14.4 Å². The van der Waals surface area contributed by atoms with Gasteiger partial charge in [-0.2, -0.15) is 0 Å². The number of nitrogens with zero attached hydrogens (tertiary/aromatic N) is 2. The van der Waals surface area contributed by atoms with Crippen LogP contribution in [0.25, 0.3) is 0 Å². The molecule has 1 saturated heterocycles. The molecule has 1 aliphatic rings. The van der Waals surface area contributed by atoms with Crippen molar-refractivity contribution >= 4 is 36.2 Å². The van der Waals surface area contributed by atoms with Gasteiger partial charge < -0.3 is 20.2 Å². The number of carbonyl (C=O) groups excluding carboxylic acids is 3. The first-order chi connectivity index (χ1) is 14.8. The van der Waals surface area contributed by atoms with Crippen molar-refractivity contribution in [3.8, 4) is 5.75 Å². The molecule has 168 valence electrons. The number of carbonyl (C=O) groups is 3. The average molecular weight is 451 g/mol. The van der Waals surface area contributed by atoms with Crippen LogP contribution in [0.4, 0.5) is 4.79 Å². The zero-order valence-corrected chi connectivity index (χ0v) is 18.6. The first kappa shape index (κ1) is 24.2. The van der Waals surface area contributed by atoms with Crippen molar-refractivity contribution in [2.75, 3.05) is 20.2 Å². The Labute approximate surface area is 186 Å². The SMILES string of the molecule is C=NO/C(=C\C)C(CC)NC(=O)N1CC(=O)NC[C@@H](Cc2cc(Cl)ccc2OC)C1=O. The van der Waals surface area contributed by atoms with E-state index in [-0.39, 0.29) is 19.5 Å². The van der Waals surface area contributed by atoms with E-state index in [2.05, 4.69) is 22.5 Å².